The van der Waals surface area contributed by atoms with Crippen molar-refractivity contribution in [2.24, 2.45) is 11.8 Å². The Morgan fingerprint density at radius 3 is 2.26 bits per heavy atom. The fraction of sp³-hybridized carbons (Fsp3) is 0.438. The third kappa shape index (κ3) is 6.53. The quantitative estimate of drug-likeness (QED) is 0.346. The van der Waals surface area contributed by atoms with E-state index in [9.17, 15) is 12.8 Å². The van der Waals surface area contributed by atoms with E-state index in [1.54, 1.807) is 24.3 Å². The molecule has 5 rings (SSSR count). The molecule has 0 bridgehead atoms. The molecule has 6 heteroatoms. The Labute approximate surface area is 227 Å². The van der Waals surface area contributed by atoms with Gasteiger partial charge in [-0.3, -0.25) is 0 Å². The lowest BCUT2D eigenvalue weighted by Gasteiger charge is -2.36. The van der Waals surface area contributed by atoms with E-state index in [1.165, 1.54) is 11.1 Å². The number of hydrogen-bond donors (Lipinski definition) is 2. The van der Waals surface area contributed by atoms with Crippen LogP contribution in [0.15, 0.2) is 77.7 Å². The van der Waals surface area contributed by atoms with Gasteiger partial charge in [-0.2, -0.15) is 0 Å². The molecule has 0 heterocycles. The highest BCUT2D eigenvalue weighted by Gasteiger charge is 2.31. The molecule has 0 aliphatic heterocycles. The number of halogens is 1. The Bertz CT molecular complexity index is 1320. The van der Waals surface area contributed by atoms with E-state index in [0.29, 0.717) is 35.2 Å². The molecule has 0 saturated heterocycles. The van der Waals surface area contributed by atoms with Crippen molar-refractivity contribution in [3.8, 4) is 0 Å². The molecule has 38 heavy (non-hydrogen) atoms. The smallest absolute Gasteiger partial charge is 0.240 e. The van der Waals surface area contributed by atoms with Crippen LogP contribution in [0.4, 0.5) is 4.39 Å². The number of nitrogens with one attached hydrogen (secondary N) is 2. The monoisotopic (exact) mass is 534 g/mol. The van der Waals surface area contributed by atoms with E-state index in [-0.39, 0.29) is 5.82 Å². The average molecular weight is 535 g/mol. The van der Waals surface area contributed by atoms with Crippen molar-refractivity contribution in [2.75, 3.05) is 13.1 Å². The zero-order valence-corrected chi connectivity index (χ0v) is 23.0. The van der Waals surface area contributed by atoms with Crippen molar-refractivity contribution in [1.29, 1.82) is 0 Å². The highest BCUT2D eigenvalue weighted by molar-refractivity contribution is 7.89. The molecule has 0 radical (unpaired) electrons. The molecule has 3 aromatic rings. The van der Waals surface area contributed by atoms with Gasteiger partial charge in [0, 0.05) is 18.5 Å². The minimum atomic E-state index is -3.47. The zero-order chi connectivity index (χ0) is 26.5. The molecule has 0 aromatic heterocycles. The summed E-state index contributed by atoms with van der Waals surface area (Å²) in [7, 11) is -3.47. The Balaban J connectivity index is 1.15. The maximum absolute atomic E-state index is 13.9. The Morgan fingerprint density at radius 2 is 1.53 bits per heavy atom. The fourth-order valence-corrected chi connectivity index (χ4v) is 7.73. The Morgan fingerprint density at radius 1 is 0.842 bits per heavy atom. The largest absolute Gasteiger partial charge is 0.313 e. The predicted molar refractivity (Wildman–Crippen MR) is 151 cm³/mol. The molecular weight excluding hydrogens is 495 g/mol. The molecular formula is C32H39FN2O2S. The predicted octanol–water partition coefficient (Wildman–Crippen LogP) is 6.15. The summed E-state index contributed by atoms with van der Waals surface area (Å²) in [6.45, 7) is 3.32. The van der Waals surface area contributed by atoms with Crippen LogP contribution in [0.5, 0.6) is 0 Å². The second-order valence-electron chi connectivity index (χ2n) is 11.2. The topological polar surface area (TPSA) is 58.2 Å². The molecule has 2 unspecified atom stereocenters. The zero-order valence-electron chi connectivity index (χ0n) is 22.2. The lowest BCUT2D eigenvalue weighted by atomic mass is 9.75. The summed E-state index contributed by atoms with van der Waals surface area (Å²) in [6.07, 6.45) is 7.19. The van der Waals surface area contributed by atoms with Gasteiger partial charge in [0.2, 0.25) is 10.0 Å². The summed E-state index contributed by atoms with van der Waals surface area (Å²) in [5, 5.41) is 3.91. The van der Waals surface area contributed by atoms with Gasteiger partial charge in [-0.15, -0.1) is 0 Å². The first kappa shape index (κ1) is 27.0. The first-order chi connectivity index (χ1) is 18.4. The highest BCUT2D eigenvalue weighted by atomic mass is 32.2. The summed E-state index contributed by atoms with van der Waals surface area (Å²) in [4.78, 5) is 0.375. The molecule has 0 amide bonds. The van der Waals surface area contributed by atoms with E-state index >= 15 is 0 Å². The average Bonchev–Trinajstić information content (AvgIpc) is 2.92. The van der Waals surface area contributed by atoms with E-state index in [2.05, 4.69) is 34.3 Å². The number of benzene rings is 3. The second kappa shape index (κ2) is 12.1. The van der Waals surface area contributed by atoms with Gasteiger partial charge < -0.3 is 5.32 Å². The maximum atomic E-state index is 13.9. The summed E-state index contributed by atoms with van der Waals surface area (Å²) < 4.78 is 42.3. The Kier molecular flexibility index (Phi) is 8.61. The van der Waals surface area contributed by atoms with Gasteiger partial charge in [0.15, 0.2) is 0 Å². The Hall–Kier alpha value is -2.54. The van der Waals surface area contributed by atoms with E-state index < -0.39 is 10.0 Å². The molecule has 1 saturated carbocycles. The van der Waals surface area contributed by atoms with Gasteiger partial charge in [0.25, 0.3) is 0 Å². The molecule has 2 atom stereocenters. The van der Waals surface area contributed by atoms with Crippen LogP contribution in [0.2, 0.25) is 0 Å². The first-order valence-electron chi connectivity index (χ1n) is 14.0. The molecule has 3 aromatic carbocycles. The first-order valence-corrected chi connectivity index (χ1v) is 15.5. The minimum Gasteiger partial charge on any atom is -0.313 e. The number of aryl methyl sites for hydroxylation is 2. The standard InChI is InChI=1S/C32H39FN2O2S/c1-23-7-5-6-10-32(23)38(36,37)35-22-26-13-11-25(12-14-26)21-34-31-18-15-27-20-28(33)16-17-29(27)30(31)19-24-8-3-2-4-9-24/h2-10,16-17,20,25-26,30-31,34-35H,11-15,18-19,21-22H2,1H3. The van der Waals surface area contributed by atoms with Crippen LogP contribution in [0.25, 0.3) is 0 Å². The van der Waals surface area contributed by atoms with Crippen LogP contribution < -0.4 is 10.0 Å². The SMILES string of the molecule is Cc1ccccc1S(=O)(=O)NCC1CCC(CNC2CCc3cc(F)ccc3C2Cc2ccccc2)CC1. The number of hydrogen-bond acceptors (Lipinski definition) is 3. The summed E-state index contributed by atoms with van der Waals surface area (Å²) in [5.41, 5.74) is 4.52. The number of rotatable bonds is 9. The lowest BCUT2D eigenvalue weighted by molar-refractivity contribution is 0.252. The highest BCUT2D eigenvalue weighted by Crippen LogP contribution is 2.36. The van der Waals surface area contributed by atoms with E-state index in [4.69, 9.17) is 0 Å². The van der Waals surface area contributed by atoms with Crippen molar-refractivity contribution in [2.45, 2.75) is 68.7 Å². The van der Waals surface area contributed by atoms with Gasteiger partial charge in [-0.1, -0.05) is 54.6 Å². The summed E-state index contributed by atoms with van der Waals surface area (Å²) in [6, 6.07) is 23.4. The normalized spacial score (nSPS) is 23.6. The van der Waals surface area contributed by atoms with Crippen LogP contribution in [-0.2, 0) is 22.9 Å². The van der Waals surface area contributed by atoms with Crippen LogP contribution in [-0.4, -0.2) is 27.5 Å². The van der Waals surface area contributed by atoms with Gasteiger partial charge in [0.05, 0.1) is 4.90 Å². The number of fused-ring (bicyclic) bond motifs is 1. The molecule has 1 fully saturated rings. The summed E-state index contributed by atoms with van der Waals surface area (Å²) >= 11 is 0. The molecule has 2 N–H and O–H groups in total. The van der Waals surface area contributed by atoms with Gasteiger partial charge in [-0.05, 0) is 111 Å². The van der Waals surface area contributed by atoms with Crippen molar-refractivity contribution < 1.29 is 12.8 Å². The third-order valence-electron chi connectivity index (χ3n) is 8.59. The van der Waals surface area contributed by atoms with Crippen molar-refractivity contribution in [3.05, 3.63) is 101 Å². The summed E-state index contributed by atoms with van der Waals surface area (Å²) in [5.74, 6) is 1.17. The van der Waals surface area contributed by atoms with E-state index in [0.717, 1.165) is 62.6 Å². The van der Waals surface area contributed by atoms with Gasteiger partial charge in [0.1, 0.15) is 5.82 Å². The van der Waals surface area contributed by atoms with Crippen LogP contribution in [0.1, 0.15) is 60.3 Å². The van der Waals surface area contributed by atoms with E-state index in [1.807, 2.05) is 31.2 Å². The molecule has 202 valence electrons. The molecule has 4 nitrogen and oxygen atoms in total. The lowest BCUT2D eigenvalue weighted by Crippen LogP contribution is -2.42. The third-order valence-corrected chi connectivity index (χ3v) is 10.2. The number of sulfonamides is 1. The van der Waals surface area contributed by atoms with Crippen molar-refractivity contribution >= 4 is 10.0 Å². The molecule has 2 aliphatic carbocycles. The van der Waals surface area contributed by atoms with Gasteiger partial charge in [-0.25, -0.2) is 17.5 Å². The van der Waals surface area contributed by atoms with Crippen LogP contribution >= 0.6 is 0 Å². The molecule has 0 spiro atoms. The maximum Gasteiger partial charge on any atom is 0.240 e. The van der Waals surface area contributed by atoms with Gasteiger partial charge >= 0.3 is 0 Å². The van der Waals surface area contributed by atoms with Crippen LogP contribution in [0.3, 0.4) is 0 Å². The van der Waals surface area contributed by atoms with Crippen LogP contribution in [0, 0.1) is 24.6 Å². The fourth-order valence-electron chi connectivity index (χ4n) is 6.37. The second-order valence-corrected chi connectivity index (χ2v) is 12.9. The van der Waals surface area contributed by atoms with Crippen molar-refractivity contribution in [1.82, 2.24) is 10.0 Å². The minimum absolute atomic E-state index is 0.147. The molecule has 2 aliphatic rings. The van der Waals surface area contributed by atoms with Crippen molar-refractivity contribution in [3.63, 3.8) is 0 Å².